The van der Waals surface area contributed by atoms with Crippen molar-refractivity contribution in [1.82, 2.24) is 13.9 Å². The van der Waals surface area contributed by atoms with E-state index in [1.807, 2.05) is 6.07 Å². The average Bonchev–Trinajstić information content (AvgIpc) is 3.10. The standard InChI is InChI=1S/C22H20F3N5O3/c1-28(13-26)19(27)7-21(11-33-12-21)15-3-2-4-16(6-15)29-9-18-17(22(23,24)25)5-14(10-31)8-30(18)20(29)32/h2-6,8-10,13,26-27H,7,11-12H2,1H3. The maximum Gasteiger partial charge on any atom is 0.418 e. The zero-order valence-corrected chi connectivity index (χ0v) is 17.5. The van der Waals surface area contributed by atoms with Gasteiger partial charge < -0.3 is 9.64 Å². The number of pyridine rings is 1. The van der Waals surface area contributed by atoms with Crippen LogP contribution in [0.5, 0.6) is 0 Å². The fraction of sp³-hybridized carbons (Fsp3) is 0.273. The van der Waals surface area contributed by atoms with Gasteiger partial charge in [-0.3, -0.25) is 24.6 Å². The summed E-state index contributed by atoms with van der Waals surface area (Å²) in [5.74, 6) is 0.210. The number of rotatable bonds is 6. The van der Waals surface area contributed by atoms with E-state index in [4.69, 9.17) is 15.6 Å². The Bertz CT molecular complexity index is 1320. The minimum Gasteiger partial charge on any atom is -0.379 e. The van der Waals surface area contributed by atoms with Gasteiger partial charge in [-0.15, -0.1) is 0 Å². The highest BCUT2D eigenvalue weighted by atomic mass is 19.4. The van der Waals surface area contributed by atoms with Crippen molar-refractivity contribution in [1.29, 1.82) is 10.8 Å². The fourth-order valence-corrected chi connectivity index (χ4v) is 3.91. The molecular formula is C22H20F3N5O3. The molecule has 1 aliphatic rings. The Kier molecular flexibility index (Phi) is 5.44. The smallest absolute Gasteiger partial charge is 0.379 e. The molecule has 11 heteroatoms. The molecule has 1 fully saturated rings. The molecule has 4 rings (SSSR count). The molecule has 1 saturated heterocycles. The lowest BCUT2D eigenvalue weighted by atomic mass is 9.75. The number of alkyl halides is 3. The van der Waals surface area contributed by atoms with Gasteiger partial charge in [0.1, 0.15) is 5.84 Å². The Labute approximate surface area is 185 Å². The molecule has 8 nitrogen and oxygen atoms in total. The second-order valence-electron chi connectivity index (χ2n) is 8.03. The van der Waals surface area contributed by atoms with E-state index in [9.17, 15) is 22.8 Å². The summed E-state index contributed by atoms with van der Waals surface area (Å²) in [5, 5.41) is 15.5. The van der Waals surface area contributed by atoms with E-state index >= 15 is 0 Å². The quantitative estimate of drug-likeness (QED) is 0.336. The third-order valence-corrected chi connectivity index (χ3v) is 5.85. The van der Waals surface area contributed by atoms with Crippen LogP contribution in [0.15, 0.2) is 47.5 Å². The average molecular weight is 459 g/mol. The molecule has 0 unspecified atom stereocenters. The van der Waals surface area contributed by atoms with E-state index in [1.54, 1.807) is 25.2 Å². The molecule has 1 aliphatic heterocycles. The maximum atomic E-state index is 13.6. The lowest BCUT2D eigenvalue weighted by molar-refractivity contribution is -0.136. The van der Waals surface area contributed by atoms with Crippen LogP contribution < -0.4 is 5.69 Å². The van der Waals surface area contributed by atoms with Crippen LogP contribution in [-0.2, 0) is 16.3 Å². The van der Waals surface area contributed by atoms with Crippen molar-refractivity contribution in [3.05, 3.63) is 69.9 Å². The zero-order chi connectivity index (χ0) is 24.0. The molecule has 172 valence electrons. The number of imidazole rings is 1. The van der Waals surface area contributed by atoms with E-state index in [1.165, 1.54) is 4.90 Å². The van der Waals surface area contributed by atoms with Crippen LogP contribution in [0.25, 0.3) is 11.2 Å². The number of carbonyl (C=O) groups is 1. The Balaban J connectivity index is 1.82. The lowest BCUT2D eigenvalue weighted by Gasteiger charge is -2.42. The van der Waals surface area contributed by atoms with Gasteiger partial charge in [0, 0.05) is 36.8 Å². The van der Waals surface area contributed by atoms with Gasteiger partial charge in [0.25, 0.3) is 0 Å². The van der Waals surface area contributed by atoms with Gasteiger partial charge in [-0.1, -0.05) is 12.1 Å². The van der Waals surface area contributed by atoms with Crippen LogP contribution >= 0.6 is 0 Å². The molecule has 0 aliphatic carbocycles. The molecule has 0 radical (unpaired) electrons. The number of fused-ring (bicyclic) bond motifs is 1. The minimum absolute atomic E-state index is 0.210. The predicted octanol–water partition coefficient (Wildman–Crippen LogP) is 3.10. The zero-order valence-electron chi connectivity index (χ0n) is 17.5. The van der Waals surface area contributed by atoms with Crippen LogP contribution in [-0.4, -0.2) is 52.6 Å². The summed E-state index contributed by atoms with van der Waals surface area (Å²) in [6.45, 7) is 0.663. The molecule has 0 atom stereocenters. The molecule has 3 heterocycles. The van der Waals surface area contributed by atoms with Gasteiger partial charge in [0.2, 0.25) is 0 Å². The summed E-state index contributed by atoms with van der Waals surface area (Å²) >= 11 is 0. The number of nitrogens with one attached hydrogen (secondary N) is 2. The van der Waals surface area contributed by atoms with E-state index in [2.05, 4.69) is 0 Å². The lowest BCUT2D eigenvalue weighted by Crippen LogP contribution is -2.49. The summed E-state index contributed by atoms with van der Waals surface area (Å²) in [4.78, 5) is 25.5. The molecular weight excluding hydrogens is 439 g/mol. The second-order valence-corrected chi connectivity index (χ2v) is 8.03. The predicted molar refractivity (Wildman–Crippen MR) is 115 cm³/mol. The van der Waals surface area contributed by atoms with Crippen LogP contribution in [0.4, 0.5) is 13.2 Å². The molecule has 0 spiro atoms. The third kappa shape index (κ3) is 3.84. The number of amidine groups is 1. The largest absolute Gasteiger partial charge is 0.418 e. The van der Waals surface area contributed by atoms with Crippen molar-refractivity contribution in [2.45, 2.75) is 18.0 Å². The molecule has 2 aromatic heterocycles. The summed E-state index contributed by atoms with van der Waals surface area (Å²) in [6, 6.07) is 7.51. The van der Waals surface area contributed by atoms with Gasteiger partial charge in [-0.25, -0.2) is 4.79 Å². The number of carbonyl (C=O) groups excluding carboxylic acids is 1. The Morgan fingerprint density at radius 1 is 1.27 bits per heavy atom. The van der Waals surface area contributed by atoms with Crippen molar-refractivity contribution in [2.24, 2.45) is 0 Å². The van der Waals surface area contributed by atoms with Gasteiger partial charge in [-0.05, 0) is 23.8 Å². The van der Waals surface area contributed by atoms with Gasteiger partial charge >= 0.3 is 11.9 Å². The maximum absolute atomic E-state index is 13.6. The summed E-state index contributed by atoms with van der Waals surface area (Å²) < 4.78 is 48.0. The van der Waals surface area contributed by atoms with Crippen LogP contribution in [0.3, 0.4) is 0 Å². The van der Waals surface area contributed by atoms with Crippen LogP contribution in [0, 0.1) is 10.8 Å². The summed E-state index contributed by atoms with van der Waals surface area (Å²) in [5.41, 5.74) is -1.88. The summed E-state index contributed by atoms with van der Waals surface area (Å²) in [6.07, 6.45) is -0.983. The highest BCUT2D eigenvalue weighted by molar-refractivity contribution is 5.89. The first kappa shape index (κ1) is 22.5. The number of hydrogen-bond donors (Lipinski definition) is 2. The van der Waals surface area contributed by atoms with Gasteiger partial charge in [0.05, 0.1) is 36.3 Å². The molecule has 0 bridgehead atoms. The van der Waals surface area contributed by atoms with Crippen molar-refractivity contribution >= 4 is 24.0 Å². The SMILES string of the molecule is CN(C=N)C(=N)CC1(c2cccc(-n3cc4c(C(F)(F)F)cc(C=O)cn4c3=O)c2)COC1. The van der Waals surface area contributed by atoms with Crippen molar-refractivity contribution in [2.75, 3.05) is 20.3 Å². The Morgan fingerprint density at radius 2 is 2.00 bits per heavy atom. The monoisotopic (exact) mass is 459 g/mol. The Hall–Kier alpha value is -3.73. The number of ether oxygens (including phenoxy) is 1. The molecule has 3 aromatic rings. The third-order valence-electron chi connectivity index (χ3n) is 5.85. The van der Waals surface area contributed by atoms with E-state index in [-0.39, 0.29) is 29.6 Å². The van der Waals surface area contributed by atoms with Crippen LogP contribution in [0.1, 0.15) is 27.9 Å². The van der Waals surface area contributed by atoms with Gasteiger partial charge in [-0.2, -0.15) is 13.2 Å². The van der Waals surface area contributed by atoms with Crippen molar-refractivity contribution in [3.8, 4) is 5.69 Å². The fourth-order valence-electron chi connectivity index (χ4n) is 3.91. The Morgan fingerprint density at radius 3 is 2.58 bits per heavy atom. The number of aromatic nitrogens is 2. The molecule has 33 heavy (non-hydrogen) atoms. The first-order chi connectivity index (χ1) is 15.6. The van der Waals surface area contributed by atoms with E-state index < -0.39 is 22.8 Å². The second kappa shape index (κ2) is 8.00. The van der Waals surface area contributed by atoms with Crippen LogP contribution in [0.2, 0.25) is 0 Å². The van der Waals surface area contributed by atoms with Crippen molar-refractivity contribution in [3.63, 3.8) is 0 Å². The molecule has 0 saturated carbocycles. The normalized spacial score (nSPS) is 15.2. The highest BCUT2D eigenvalue weighted by Crippen LogP contribution is 2.37. The molecule has 0 amide bonds. The van der Waals surface area contributed by atoms with Crippen molar-refractivity contribution < 1.29 is 22.7 Å². The summed E-state index contributed by atoms with van der Waals surface area (Å²) in [7, 11) is 1.59. The number of nitrogens with zero attached hydrogens (tertiary/aromatic N) is 3. The number of benzene rings is 1. The number of halogens is 3. The first-order valence-electron chi connectivity index (χ1n) is 9.89. The van der Waals surface area contributed by atoms with E-state index in [0.717, 1.165) is 33.3 Å². The topological polar surface area (TPSA) is 104 Å². The first-order valence-corrected chi connectivity index (χ1v) is 9.89. The molecule has 1 aromatic carbocycles. The molecule has 2 N–H and O–H groups in total. The minimum atomic E-state index is -4.75. The number of hydrogen-bond acceptors (Lipinski definition) is 5. The van der Waals surface area contributed by atoms with E-state index in [0.29, 0.717) is 25.0 Å². The van der Waals surface area contributed by atoms with Gasteiger partial charge in [0.15, 0.2) is 6.29 Å². The highest BCUT2D eigenvalue weighted by Gasteiger charge is 2.42. The number of aldehydes is 1.